The van der Waals surface area contributed by atoms with Gasteiger partial charge >= 0.3 is 0 Å². The first-order valence-electron chi connectivity index (χ1n) is 5.79. The van der Waals surface area contributed by atoms with E-state index in [2.05, 4.69) is 0 Å². The van der Waals surface area contributed by atoms with Crippen LogP contribution in [0.3, 0.4) is 0 Å². The molecule has 0 radical (unpaired) electrons. The summed E-state index contributed by atoms with van der Waals surface area (Å²) < 4.78 is 52.9. The monoisotopic (exact) mass is 352 g/mol. The van der Waals surface area contributed by atoms with Crippen LogP contribution in [0.5, 0.6) is 0 Å². The Kier molecular flexibility index (Phi) is 4.82. The van der Waals surface area contributed by atoms with Crippen LogP contribution >= 0.6 is 22.9 Å². The Morgan fingerprint density at radius 1 is 1.29 bits per heavy atom. The summed E-state index contributed by atoms with van der Waals surface area (Å²) in [5, 5.41) is -0.352. The highest BCUT2D eigenvalue weighted by atomic mass is 35.5. The van der Waals surface area contributed by atoms with Crippen LogP contribution in [0.1, 0.15) is 4.88 Å². The normalized spacial score (nSPS) is 11.6. The van der Waals surface area contributed by atoms with Crippen LogP contribution in [0.4, 0.5) is 14.5 Å². The second-order valence-electron chi connectivity index (χ2n) is 4.11. The zero-order valence-electron chi connectivity index (χ0n) is 10.6. The number of benzene rings is 1. The highest BCUT2D eigenvalue weighted by molar-refractivity contribution is 7.94. The van der Waals surface area contributed by atoms with Gasteiger partial charge in [0.1, 0.15) is 15.7 Å². The van der Waals surface area contributed by atoms with E-state index in [1.807, 2.05) is 4.72 Å². The van der Waals surface area contributed by atoms with Crippen molar-refractivity contribution in [3.63, 3.8) is 0 Å². The molecule has 0 fully saturated rings. The van der Waals surface area contributed by atoms with E-state index in [-0.39, 0.29) is 9.23 Å². The number of rotatable bonds is 5. The van der Waals surface area contributed by atoms with E-state index in [0.29, 0.717) is 19.0 Å². The maximum atomic E-state index is 13.6. The van der Waals surface area contributed by atoms with Crippen molar-refractivity contribution < 1.29 is 17.2 Å². The fourth-order valence-electron chi connectivity index (χ4n) is 1.60. The smallest absolute Gasteiger partial charge is 0.271 e. The van der Waals surface area contributed by atoms with Crippen LogP contribution in [0.2, 0.25) is 5.02 Å². The van der Waals surface area contributed by atoms with E-state index in [0.717, 1.165) is 22.3 Å². The summed E-state index contributed by atoms with van der Waals surface area (Å²) in [4.78, 5) is 0.795. The molecule has 1 heterocycles. The Hall–Kier alpha value is -1.22. The maximum Gasteiger partial charge on any atom is 0.271 e. The SMILES string of the molecule is NCCc1ccc(S(=O)(=O)Nc2c(F)cc(F)cc2Cl)s1. The molecule has 2 rings (SSSR count). The van der Waals surface area contributed by atoms with Gasteiger partial charge in [-0.2, -0.15) is 0 Å². The van der Waals surface area contributed by atoms with Gasteiger partial charge in [0, 0.05) is 10.9 Å². The number of hydrogen-bond acceptors (Lipinski definition) is 4. The van der Waals surface area contributed by atoms with E-state index in [1.54, 1.807) is 6.07 Å². The first kappa shape index (κ1) is 16.2. The summed E-state index contributed by atoms with van der Waals surface area (Å²) in [7, 11) is -3.99. The molecule has 0 aliphatic rings. The Morgan fingerprint density at radius 2 is 2.00 bits per heavy atom. The third-order valence-corrected chi connectivity index (χ3v) is 5.82. The molecule has 0 saturated carbocycles. The van der Waals surface area contributed by atoms with Crippen molar-refractivity contribution in [3.05, 3.63) is 45.8 Å². The van der Waals surface area contributed by atoms with Crippen molar-refractivity contribution in [2.45, 2.75) is 10.6 Å². The fraction of sp³-hybridized carbons (Fsp3) is 0.167. The predicted molar refractivity (Wildman–Crippen MR) is 79.3 cm³/mol. The average molecular weight is 353 g/mol. The molecule has 1 aromatic heterocycles. The van der Waals surface area contributed by atoms with Gasteiger partial charge in [0.05, 0.1) is 5.02 Å². The van der Waals surface area contributed by atoms with Gasteiger partial charge in [0.2, 0.25) is 0 Å². The molecule has 0 aliphatic heterocycles. The van der Waals surface area contributed by atoms with Gasteiger partial charge in [-0.05, 0) is 31.2 Å². The van der Waals surface area contributed by atoms with E-state index < -0.39 is 27.3 Å². The van der Waals surface area contributed by atoms with Crippen molar-refractivity contribution in [3.8, 4) is 0 Å². The van der Waals surface area contributed by atoms with Crippen LogP contribution in [0.25, 0.3) is 0 Å². The van der Waals surface area contributed by atoms with E-state index in [9.17, 15) is 17.2 Å². The maximum absolute atomic E-state index is 13.6. The minimum Gasteiger partial charge on any atom is -0.330 e. The molecule has 9 heteroatoms. The van der Waals surface area contributed by atoms with Gasteiger partial charge < -0.3 is 5.73 Å². The molecule has 114 valence electrons. The fourth-order valence-corrected chi connectivity index (χ4v) is 4.36. The Balaban J connectivity index is 2.33. The third-order valence-electron chi connectivity index (χ3n) is 2.54. The summed E-state index contributed by atoms with van der Waals surface area (Å²) in [6.07, 6.45) is 0.547. The molecule has 0 amide bonds. The standard InChI is InChI=1S/C12H11ClF2N2O2S2/c13-9-5-7(14)6-10(15)12(9)17-21(18,19)11-2-1-8(20-11)3-4-16/h1-2,5-6,17H,3-4,16H2. The number of halogens is 3. The predicted octanol–water partition coefficient (Wildman–Crippen LogP) is 2.98. The van der Waals surface area contributed by atoms with E-state index in [4.69, 9.17) is 17.3 Å². The number of anilines is 1. The first-order chi connectivity index (χ1) is 9.83. The number of hydrogen-bond donors (Lipinski definition) is 2. The largest absolute Gasteiger partial charge is 0.330 e. The van der Waals surface area contributed by atoms with Crippen molar-refractivity contribution >= 4 is 38.6 Å². The summed E-state index contributed by atoms with van der Waals surface area (Å²) in [5.41, 5.74) is 4.92. The molecular weight excluding hydrogens is 342 g/mol. The van der Waals surface area contributed by atoms with Crippen LogP contribution in [-0.2, 0) is 16.4 Å². The minimum atomic E-state index is -3.99. The lowest BCUT2D eigenvalue weighted by Gasteiger charge is -2.09. The van der Waals surface area contributed by atoms with Crippen LogP contribution in [-0.4, -0.2) is 15.0 Å². The molecular formula is C12H11ClF2N2O2S2. The number of sulfonamides is 1. The molecule has 2 aromatic rings. The summed E-state index contributed by atoms with van der Waals surface area (Å²) in [6, 6.07) is 4.41. The molecule has 0 unspecified atom stereocenters. The topological polar surface area (TPSA) is 72.2 Å². The van der Waals surface area contributed by atoms with Crippen molar-refractivity contribution in [1.29, 1.82) is 0 Å². The zero-order valence-corrected chi connectivity index (χ0v) is 13.0. The lowest BCUT2D eigenvalue weighted by molar-refractivity contribution is 0.583. The summed E-state index contributed by atoms with van der Waals surface area (Å²) in [5.74, 6) is -1.97. The molecule has 4 nitrogen and oxygen atoms in total. The van der Waals surface area contributed by atoms with Crippen LogP contribution in [0, 0.1) is 11.6 Å². The molecule has 0 saturated heterocycles. The number of nitrogens with two attached hydrogens (primary N) is 1. The average Bonchev–Trinajstić information content (AvgIpc) is 2.84. The Bertz CT molecular complexity index is 739. The number of nitrogens with one attached hydrogen (secondary N) is 1. The van der Waals surface area contributed by atoms with E-state index >= 15 is 0 Å². The van der Waals surface area contributed by atoms with Gasteiger partial charge in [-0.3, -0.25) is 4.72 Å². The molecule has 3 N–H and O–H groups in total. The van der Waals surface area contributed by atoms with Crippen LogP contribution in [0.15, 0.2) is 28.5 Å². The lowest BCUT2D eigenvalue weighted by atomic mass is 10.3. The quantitative estimate of drug-likeness (QED) is 0.869. The van der Waals surface area contributed by atoms with Gasteiger partial charge in [-0.25, -0.2) is 17.2 Å². The van der Waals surface area contributed by atoms with Crippen molar-refractivity contribution in [2.24, 2.45) is 5.73 Å². The third kappa shape index (κ3) is 3.70. The Labute approximate surface area is 129 Å². The van der Waals surface area contributed by atoms with Gasteiger partial charge in [-0.15, -0.1) is 11.3 Å². The van der Waals surface area contributed by atoms with Gasteiger partial charge in [0.15, 0.2) is 5.82 Å². The van der Waals surface area contributed by atoms with E-state index in [1.165, 1.54) is 6.07 Å². The lowest BCUT2D eigenvalue weighted by Crippen LogP contribution is -2.13. The minimum absolute atomic E-state index is 0.00532. The highest BCUT2D eigenvalue weighted by Gasteiger charge is 2.21. The number of thiophene rings is 1. The van der Waals surface area contributed by atoms with Gasteiger partial charge in [-0.1, -0.05) is 11.6 Å². The molecule has 0 bridgehead atoms. The highest BCUT2D eigenvalue weighted by Crippen LogP contribution is 2.30. The molecule has 21 heavy (non-hydrogen) atoms. The Morgan fingerprint density at radius 3 is 2.62 bits per heavy atom. The molecule has 0 atom stereocenters. The first-order valence-corrected chi connectivity index (χ1v) is 8.47. The second-order valence-corrected chi connectivity index (χ2v) is 7.59. The summed E-state index contributed by atoms with van der Waals surface area (Å²) >= 11 is 6.69. The molecule has 1 aromatic carbocycles. The van der Waals surface area contributed by atoms with Crippen molar-refractivity contribution in [2.75, 3.05) is 11.3 Å². The second kappa shape index (κ2) is 6.27. The molecule has 0 spiro atoms. The van der Waals surface area contributed by atoms with Crippen molar-refractivity contribution in [1.82, 2.24) is 0 Å². The van der Waals surface area contributed by atoms with Gasteiger partial charge in [0.25, 0.3) is 10.0 Å². The molecule has 0 aliphatic carbocycles. The summed E-state index contributed by atoms with van der Waals surface area (Å²) in [6.45, 7) is 0.395. The zero-order chi connectivity index (χ0) is 15.6. The van der Waals surface area contributed by atoms with Crippen LogP contribution < -0.4 is 10.5 Å².